The Morgan fingerprint density at radius 2 is 1.91 bits per heavy atom. The van der Waals surface area contributed by atoms with Gasteiger partial charge in [-0.3, -0.25) is 14.2 Å². The SMILES string of the molecule is C=CCn1c(SCC(=O)c2cc(C)n(-c3ccc(C)cc3)c2C)nc2sc3c(c2c1=O)CCCC3. The lowest BCUT2D eigenvalue weighted by Crippen LogP contribution is -2.23. The van der Waals surface area contributed by atoms with E-state index < -0.39 is 0 Å². The monoisotopic (exact) mass is 503 g/mol. The minimum Gasteiger partial charge on any atom is -0.318 e. The van der Waals surface area contributed by atoms with E-state index in [1.807, 2.05) is 19.9 Å². The number of thiophene rings is 1. The number of hydrogen-bond donors (Lipinski definition) is 0. The molecule has 0 bridgehead atoms. The summed E-state index contributed by atoms with van der Waals surface area (Å²) in [5.74, 6) is 0.254. The molecule has 0 unspecified atom stereocenters. The van der Waals surface area contributed by atoms with Crippen LogP contribution in [0.5, 0.6) is 0 Å². The van der Waals surface area contributed by atoms with Crippen molar-refractivity contribution in [1.29, 1.82) is 0 Å². The summed E-state index contributed by atoms with van der Waals surface area (Å²) in [6.07, 6.45) is 5.97. The highest BCUT2D eigenvalue weighted by Crippen LogP contribution is 2.35. The van der Waals surface area contributed by atoms with Crippen LogP contribution in [0.15, 0.2) is 52.9 Å². The second kappa shape index (κ2) is 9.63. The van der Waals surface area contributed by atoms with Gasteiger partial charge in [0.2, 0.25) is 0 Å². The summed E-state index contributed by atoms with van der Waals surface area (Å²) in [6.45, 7) is 10.3. The molecule has 7 heteroatoms. The number of hydrogen-bond acceptors (Lipinski definition) is 5. The first kappa shape index (κ1) is 23.8. The van der Waals surface area contributed by atoms with Gasteiger partial charge in [-0.05, 0) is 70.2 Å². The summed E-state index contributed by atoms with van der Waals surface area (Å²) in [7, 11) is 0. The van der Waals surface area contributed by atoms with Crippen molar-refractivity contribution in [1.82, 2.24) is 14.1 Å². The third kappa shape index (κ3) is 4.32. The lowest BCUT2D eigenvalue weighted by atomic mass is 9.97. The van der Waals surface area contributed by atoms with E-state index in [2.05, 4.69) is 42.3 Å². The predicted octanol–water partition coefficient (Wildman–Crippen LogP) is 6.21. The average Bonchev–Trinajstić information content (AvgIpc) is 3.37. The number of allylic oxidation sites excluding steroid dienone is 1. The molecule has 0 aliphatic heterocycles. The molecule has 0 fully saturated rings. The maximum atomic E-state index is 13.5. The number of aromatic nitrogens is 3. The van der Waals surface area contributed by atoms with Crippen molar-refractivity contribution in [3.63, 3.8) is 0 Å². The molecule has 0 amide bonds. The van der Waals surface area contributed by atoms with Crippen molar-refractivity contribution in [2.75, 3.05) is 5.75 Å². The van der Waals surface area contributed by atoms with Crippen molar-refractivity contribution in [2.45, 2.75) is 58.2 Å². The zero-order valence-electron chi connectivity index (χ0n) is 20.4. The smallest absolute Gasteiger partial charge is 0.263 e. The Labute approximate surface area is 213 Å². The normalized spacial score (nSPS) is 13.2. The van der Waals surface area contributed by atoms with Gasteiger partial charge < -0.3 is 4.57 Å². The molecule has 3 heterocycles. The van der Waals surface area contributed by atoms with Crippen LogP contribution >= 0.6 is 23.1 Å². The van der Waals surface area contributed by atoms with E-state index in [9.17, 15) is 9.59 Å². The Morgan fingerprint density at radius 3 is 2.66 bits per heavy atom. The van der Waals surface area contributed by atoms with E-state index >= 15 is 0 Å². The quantitative estimate of drug-likeness (QED) is 0.130. The molecule has 0 atom stereocenters. The van der Waals surface area contributed by atoms with E-state index in [0.29, 0.717) is 17.3 Å². The molecule has 0 saturated carbocycles. The summed E-state index contributed by atoms with van der Waals surface area (Å²) in [5, 5.41) is 1.35. The number of ketones is 1. The van der Waals surface area contributed by atoms with Crippen molar-refractivity contribution in [3.05, 3.63) is 86.3 Å². The van der Waals surface area contributed by atoms with Crippen LogP contribution in [-0.4, -0.2) is 25.7 Å². The molecule has 35 heavy (non-hydrogen) atoms. The highest BCUT2D eigenvalue weighted by atomic mass is 32.2. The minimum absolute atomic E-state index is 0.0122. The number of Topliss-reactive ketones (excluding diaryl/α,β-unsaturated/α-hetero) is 1. The van der Waals surface area contributed by atoms with E-state index in [0.717, 1.165) is 53.0 Å². The van der Waals surface area contributed by atoms with Crippen LogP contribution in [0.3, 0.4) is 0 Å². The number of nitrogens with zero attached hydrogens (tertiary/aromatic N) is 3. The molecule has 0 N–H and O–H groups in total. The second-order valence-electron chi connectivity index (χ2n) is 9.16. The number of carbonyl (C=O) groups excluding carboxylic acids is 1. The highest BCUT2D eigenvalue weighted by Gasteiger charge is 2.23. The Kier molecular flexibility index (Phi) is 6.55. The summed E-state index contributed by atoms with van der Waals surface area (Å²) in [6, 6.07) is 10.3. The van der Waals surface area contributed by atoms with Crippen LogP contribution in [0.4, 0.5) is 0 Å². The second-order valence-corrected chi connectivity index (χ2v) is 11.2. The van der Waals surface area contributed by atoms with Crippen LogP contribution in [0, 0.1) is 20.8 Å². The lowest BCUT2D eigenvalue weighted by molar-refractivity contribution is 0.102. The van der Waals surface area contributed by atoms with Crippen molar-refractivity contribution in [2.24, 2.45) is 0 Å². The maximum absolute atomic E-state index is 13.5. The topological polar surface area (TPSA) is 56.9 Å². The Bertz CT molecular complexity index is 1510. The summed E-state index contributed by atoms with van der Waals surface area (Å²) < 4.78 is 3.79. The van der Waals surface area contributed by atoms with Gasteiger partial charge in [-0.1, -0.05) is 35.5 Å². The third-order valence-electron chi connectivity index (χ3n) is 6.71. The molecule has 3 aromatic heterocycles. The molecule has 0 saturated heterocycles. The van der Waals surface area contributed by atoms with Crippen LogP contribution in [0.25, 0.3) is 15.9 Å². The molecular weight excluding hydrogens is 474 g/mol. The molecule has 1 aromatic carbocycles. The van der Waals surface area contributed by atoms with Crippen LogP contribution in [-0.2, 0) is 19.4 Å². The predicted molar refractivity (Wildman–Crippen MR) is 146 cm³/mol. The first-order valence-corrected chi connectivity index (χ1v) is 13.8. The molecule has 4 aromatic rings. The standard InChI is InChI=1S/C28H29N3O2S2/c1-5-14-30-27(33)25-21-8-6-7-9-24(21)35-26(25)29-28(30)34-16-23(32)22-15-18(3)31(19(22)4)20-12-10-17(2)11-13-20/h5,10-13,15H,1,6-9,14,16H2,2-4H3. The molecule has 5 rings (SSSR count). The molecule has 1 aliphatic carbocycles. The van der Waals surface area contributed by atoms with Gasteiger partial charge in [0.15, 0.2) is 10.9 Å². The zero-order chi connectivity index (χ0) is 24.7. The Balaban J connectivity index is 1.45. The molecule has 0 radical (unpaired) electrons. The summed E-state index contributed by atoms with van der Waals surface area (Å²) in [5.41, 5.74) is 6.07. The first-order valence-electron chi connectivity index (χ1n) is 12.0. The number of carbonyl (C=O) groups is 1. The number of aryl methyl sites for hydroxylation is 4. The molecular formula is C28H29N3O2S2. The van der Waals surface area contributed by atoms with Gasteiger partial charge in [0.05, 0.1) is 11.1 Å². The fourth-order valence-electron chi connectivity index (χ4n) is 4.96. The summed E-state index contributed by atoms with van der Waals surface area (Å²) in [4.78, 5) is 33.7. The number of thioether (sulfide) groups is 1. The largest absolute Gasteiger partial charge is 0.318 e. The van der Waals surface area contributed by atoms with Gasteiger partial charge in [0.1, 0.15) is 4.83 Å². The van der Waals surface area contributed by atoms with E-state index in [4.69, 9.17) is 4.98 Å². The van der Waals surface area contributed by atoms with Crippen molar-refractivity contribution in [3.8, 4) is 5.69 Å². The van der Waals surface area contributed by atoms with Gasteiger partial charge in [0, 0.05) is 34.1 Å². The Morgan fingerprint density at radius 1 is 1.17 bits per heavy atom. The van der Waals surface area contributed by atoms with Gasteiger partial charge in [-0.25, -0.2) is 4.98 Å². The number of fused-ring (bicyclic) bond motifs is 3. The van der Waals surface area contributed by atoms with E-state index in [1.54, 1.807) is 22.0 Å². The van der Waals surface area contributed by atoms with E-state index in [-0.39, 0.29) is 17.1 Å². The first-order chi connectivity index (χ1) is 16.9. The van der Waals surface area contributed by atoms with Crippen LogP contribution in [0.1, 0.15) is 50.6 Å². The van der Waals surface area contributed by atoms with Crippen molar-refractivity contribution < 1.29 is 4.79 Å². The maximum Gasteiger partial charge on any atom is 0.263 e. The number of benzene rings is 1. The molecule has 0 spiro atoms. The highest BCUT2D eigenvalue weighted by molar-refractivity contribution is 7.99. The van der Waals surface area contributed by atoms with Crippen LogP contribution < -0.4 is 5.56 Å². The van der Waals surface area contributed by atoms with E-state index in [1.165, 1.54) is 27.8 Å². The van der Waals surface area contributed by atoms with Gasteiger partial charge >= 0.3 is 0 Å². The van der Waals surface area contributed by atoms with Gasteiger partial charge in [-0.2, -0.15) is 0 Å². The Hall–Kier alpha value is -2.90. The van der Waals surface area contributed by atoms with Gasteiger partial charge in [0.25, 0.3) is 5.56 Å². The zero-order valence-corrected chi connectivity index (χ0v) is 22.0. The minimum atomic E-state index is -0.0122. The lowest BCUT2D eigenvalue weighted by Gasteiger charge is -2.12. The molecule has 5 nitrogen and oxygen atoms in total. The molecule has 180 valence electrons. The van der Waals surface area contributed by atoms with Crippen molar-refractivity contribution >= 4 is 39.1 Å². The fourth-order valence-corrected chi connectivity index (χ4v) is 7.16. The summed E-state index contributed by atoms with van der Waals surface area (Å²) >= 11 is 2.98. The average molecular weight is 504 g/mol. The third-order valence-corrected chi connectivity index (χ3v) is 8.87. The fraction of sp³-hybridized carbons (Fsp3) is 0.321. The number of rotatable bonds is 7. The van der Waals surface area contributed by atoms with Gasteiger partial charge in [-0.15, -0.1) is 17.9 Å². The van der Waals surface area contributed by atoms with Crippen LogP contribution in [0.2, 0.25) is 0 Å². The molecule has 1 aliphatic rings.